The maximum absolute atomic E-state index is 13.0. The number of ether oxygens (including phenoxy) is 1. The molecule has 1 aromatic rings. The molecule has 2 fully saturated rings. The Hall–Kier alpha value is -0.970. The second-order valence-corrected chi connectivity index (χ2v) is 6.62. The minimum atomic E-state index is -0.478. The normalized spacial score (nSPS) is 26.0. The maximum atomic E-state index is 13.0. The molecule has 2 saturated heterocycles. The smallest absolute Gasteiger partial charge is 0.123 e. The summed E-state index contributed by atoms with van der Waals surface area (Å²) >= 11 is 0. The molecule has 0 aliphatic carbocycles. The molecule has 0 amide bonds. The van der Waals surface area contributed by atoms with Crippen LogP contribution in [0, 0.1) is 11.7 Å². The van der Waals surface area contributed by atoms with Gasteiger partial charge in [0, 0.05) is 13.2 Å². The van der Waals surface area contributed by atoms with Crippen molar-refractivity contribution in [1.29, 1.82) is 0 Å². The van der Waals surface area contributed by atoms with Crippen LogP contribution in [-0.2, 0) is 4.74 Å². The van der Waals surface area contributed by atoms with Crippen LogP contribution >= 0.6 is 0 Å². The van der Waals surface area contributed by atoms with E-state index in [0.717, 1.165) is 44.6 Å². The summed E-state index contributed by atoms with van der Waals surface area (Å²) in [6.45, 7) is 3.97. The molecule has 122 valence electrons. The Morgan fingerprint density at radius 2 is 1.86 bits per heavy atom. The highest BCUT2D eigenvalue weighted by Gasteiger charge is 2.27. The molecule has 0 bridgehead atoms. The van der Waals surface area contributed by atoms with Crippen molar-refractivity contribution in [2.75, 3.05) is 26.2 Å². The summed E-state index contributed by atoms with van der Waals surface area (Å²) in [5.74, 6) is 0.0206. The van der Waals surface area contributed by atoms with Crippen molar-refractivity contribution < 1.29 is 14.2 Å². The average Bonchev–Trinajstić information content (AvgIpc) is 2.57. The number of rotatable bonds is 4. The Labute approximate surface area is 132 Å². The quantitative estimate of drug-likeness (QED) is 0.927. The van der Waals surface area contributed by atoms with Gasteiger partial charge < -0.3 is 14.7 Å². The van der Waals surface area contributed by atoms with Crippen molar-refractivity contribution in [3.05, 3.63) is 35.6 Å². The van der Waals surface area contributed by atoms with E-state index >= 15 is 0 Å². The fourth-order valence-corrected chi connectivity index (χ4v) is 3.62. The third kappa shape index (κ3) is 4.06. The van der Waals surface area contributed by atoms with E-state index in [0.29, 0.717) is 6.10 Å². The molecule has 1 aromatic carbocycles. The summed E-state index contributed by atoms with van der Waals surface area (Å²) in [7, 11) is 0. The number of benzene rings is 1. The van der Waals surface area contributed by atoms with Gasteiger partial charge in [-0.25, -0.2) is 4.39 Å². The topological polar surface area (TPSA) is 32.7 Å². The summed E-state index contributed by atoms with van der Waals surface area (Å²) in [5, 5.41) is 10.5. The van der Waals surface area contributed by atoms with E-state index in [-0.39, 0.29) is 11.7 Å². The van der Waals surface area contributed by atoms with E-state index < -0.39 is 6.10 Å². The summed E-state index contributed by atoms with van der Waals surface area (Å²) < 4.78 is 18.8. The van der Waals surface area contributed by atoms with E-state index in [1.165, 1.54) is 31.4 Å². The highest BCUT2D eigenvalue weighted by Crippen LogP contribution is 2.31. The fraction of sp³-hybridized carbons (Fsp3) is 0.667. The van der Waals surface area contributed by atoms with Crippen molar-refractivity contribution >= 4 is 0 Å². The van der Waals surface area contributed by atoms with Gasteiger partial charge in [-0.15, -0.1) is 0 Å². The van der Waals surface area contributed by atoms with Gasteiger partial charge in [0.1, 0.15) is 5.82 Å². The first-order chi connectivity index (χ1) is 10.7. The minimum Gasteiger partial charge on any atom is -0.388 e. The summed E-state index contributed by atoms with van der Waals surface area (Å²) in [5.41, 5.74) is 0.829. The van der Waals surface area contributed by atoms with E-state index in [9.17, 15) is 9.50 Å². The van der Waals surface area contributed by atoms with Crippen molar-refractivity contribution in [2.24, 2.45) is 5.92 Å². The highest BCUT2D eigenvalue weighted by atomic mass is 19.1. The molecule has 0 spiro atoms. The molecule has 2 aliphatic heterocycles. The average molecular weight is 307 g/mol. The molecule has 0 aromatic heterocycles. The van der Waals surface area contributed by atoms with Gasteiger partial charge in [-0.05, 0) is 68.8 Å². The Kier molecular flexibility index (Phi) is 5.45. The van der Waals surface area contributed by atoms with Crippen LogP contribution in [0.2, 0.25) is 0 Å². The lowest BCUT2D eigenvalue weighted by atomic mass is 9.87. The molecular formula is C18H26FNO2. The first-order valence-corrected chi connectivity index (χ1v) is 8.50. The Balaban J connectivity index is 1.47. The lowest BCUT2D eigenvalue weighted by molar-refractivity contribution is -0.0178. The van der Waals surface area contributed by atoms with Gasteiger partial charge in [-0.1, -0.05) is 12.1 Å². The van der Waals surface area contributed by atoms with Crippen molar-refractivity contribution in [3.63, 3.8) is 0 Å². The predicted molar refractivity (Wildman–Crippen MR) is 84.1 cm³/mol. The second-order valence-electron chi connectivity index (χ2n) is 6.62. The maximum Gasteiger partial charge on any atom is 0.123 e. The van der Waals surface area contributed by atoms with Crippen LogP contribution in [-0.4, -0.2) is 42.4 Å². The van der Waals surface area contributed by atoms with Crippen LogP contribution in [0.4, 0.5) is 4.39 Å². The van der Waals surface area contributed by atoms with Gasteiger partial charge in [-0.3, -0.25) is 0 Å². The third-order valence-corrected chi connectivity index (χ3v) is 5.03. The summed E-state index contributed by atoms with van der Waals surface area (Å²) in [4.78, 5) is 2.46. The van der Waals surface area contributed by atoms with Gasteiger partial charge >= 0.3 is 0 Å². The van der Waals surface area contributed by atoms with E-state index in [4.69, 9.17) is 4.74 Å². The number of hydrogen-bond acceptors (Lipinski definition) is 3. The highest BCUT2D eigenvalue weighted by molar-refractivity contribution is 5.19. The Morgan fingerprint density at radius 3 is 2.50 bits per heavy atom. The number of likely N-dealkylation sites (tertiary alicyclic amines) is 1. The number of aliphatic hydroxyl groups is 1. The van der Waals surface area contributed by atoms with Crippen LogP contribution in [0.15, 0.2) is 24.3 Å². The minimum absolute atomic E-state index is 0.252. The van der Waals surface area contributed by atoms with Gasteiger partial charge in [0.05, 0.1) is 12.2 Å². The predicted octanol–water partition coefficient (Wildman–Crippen LogP) is 3.14. The van der Waals surface area contributed by atoms with Crippen molar-refractivity contribution in [2.45, 2.75) is 44.3 Å². The lowest BCUT2D eigenvalue weighted by Crippen LogP contribution is -2.41. The van der Waals surface area contributed by atoms with Crippen LogP contribution in [0.3, 0.4) is 0 Å². The first kappa shape index (κ1) is 15.9. The monoisotopic (exact) mass is 307 g/mol. The summed E-state index contributed by atoms with van der Waals surface area (Å²) in [6, 6.07) is 6.24. The number of halogens is 1. The number of piperidine rings is 1. The molecule has 2 heterocycles. The zero-order chi connectivity index (χ0) is 15.4. The molecule has 2 atom stereocenters. The molecule has 3 nitrogen and oxygen atoms in total. The van der Waals surface area contributed by atoms with Crippen molar-refractivity contribution in [1.82, 2.24) is 4.90 Å². The molecule has 3 rings (SSSR count). The van der Waals surface area contributed by atoms with Gasteiger partial charge in [-0.2, -0.15) is 0 Å². The van der Waals surface area contributed by atoms with Gasteiger partial charge in [0.15, 0.2) is 0 Å². The van der Waals surface area contributed by atoms with Crippen molar-refractivity contribution in [3.8, 4) is 0 Å². The van der Waals surface area contributed by atoms with Crippen LogP contribution in [0.25, 0.3) is 0 Å². The molecule has 4 heteroatoms. The zero-order valence-electron chi connectivity index (χ0n) is 13.1. The van der Waals surface area contributed by atoms with Crippen LogP contribution < -0.4 is 0 Å². The molecule has 1 N–H and O–H groups in total. The fourth-order valence-electron chi connectivity index (χ4n) is 3.62. The first-order valence-electron chi connectivity index (χ1n) is 8.50. The zero-order valence-corrected chi connectivity index (χ0v) is 13.1. The Morgan fingerprint density at radius 1 is 1.14 bits per heavy atom. The van der Waals surface area contributed by atoms with Crippen LogP contribution in [0.1, 0.15) is 43.8 Å². The third-order valence-electron chi connectivity index (χ3n) is 5.03. The number of aliphatic hydroxyl groups excluding tert-OH is 1. The molecule has 22 heavy (non-hydrogen) atoms. The molecular weight excluding hydrogens is 281 g/mol. The molecule has 0 radical (unpaired) electrons. The summed E-state index contributed by atoms with van der Waals surface area (Å²) in [6.07, 6.45) is 5.56. The second kappa shape index (κ2) is 7.53. The van der Waals surface area contributed by atoms with Gasteiger partial charge in [0.25, 0.3) is 0 Å². The molecule has 0 saturated carbocycles. The van der Waals surface area contributed by atoms with Crippen LogP contribution in [0.5, 0.6) is 0 Å². The lowest BCUT2D eigenvalue weighted by Gasteiger charge is -2.36. The standard InChI is InChI=1S/C18H26FNO2/c19-16-6-4-14(5-7-16)18(21)15-8-10-20(11-9-15)13-17-3-1-2-12-22-17/h4-7,15,17-18,21H,1-3,8-13H2. The van der Waals surface area contributed by atoms with E-state index in [1.54, 1.807) is 12.1 Å². The SMILES string of the molecule is OC(c1ccc(F)cc1)C1CCN(CC2CCCCO2)CC1. The molecule has 2 unspecified atom stereocenters. The van der Waals surface area contributed by atoms with Gasteiger partial charge in [0.2, 0.25) is 0 Å². The van der Waals surface area contributed by atoms with E-state index in [1.807, 2.05) is 0 Å². The largest absolute Gasteiger partial charge is 0.388 e. The number of nitrogens with zero attached hydrogens (tertiary/aromatic N) is 1. The Bertz CT molecular complexity index is 451. The molecule has 2 aliphatic rings. The number of hydrogen-bond donors (Lipinski definition) is 1. The van der Waals surface area contributed by atoms with E-state index in [2.05, 4.69) is 4.90 Å².